The number of morpholine rings is 1. The third-order valence-corrected chi connectivity index (χ3v) is 3.99. The largest absolute Gasteiger partial charge is 0.378 e. The molecule has 2 rings (SSSR count). The lowest BCUT2D eigenvalue weighted by Crippen LogP contribution is -2.38. The highest BCUT2D eigenvalue weighted by atomic mass is 32.2. The smallest absolute Gasteiger partial charge is 0.232 e. The first-order valence-electron chi connectivity index (χ1n) is 6.58. The Morgan fingerprint density at radius 2 is 1.95 bits per heavy atom. The Kier molecular flexibility index (Phi) is 4.78. The molecule has 0 bridgehead atoms. The maximum absolute atomic E-state index is 11.2. The molecule has 1 fully saturated rings. The third kappa shape index (κ3) is 4.67. The van der Waals surface area contributed by atoms with Crippen LogP contribution in [0.25, 0.3) is 0 Å². The highest BCUT2D eigenvalue weighted by Gasteiger charge is 2.17. The predicted octanol–water partition coefficient (Wildman–Crippen LogP) is -1.23. The molecule has 9 nitrogen and oxygen atoms in total. The zero-order valence-electron chi connectivity index (χ0n) is 12.2. The summed E-state index contributed by atoms with van der Waals surface area (Å²) in [6.45, 7) is 2.91. The summed E-state index contributed by atoms with van der Waals surface area (Å²) in [6.07, 6.45) is 1.20. The number of nitrogen functional groups attached to an aromatic ring is 1. The van der Waals surface area contributed by atoms with Crippen molar-refractivity contribution in [2.24, 2.45) is 0 Å². The van der Waals surface area contributed by atoms with Gasteiger partial charge in [-0.15, -0.1) is 0 Å². The topological polar surface area (TPSA) is 115 Å². The Labute approximate surface area is 124 Å². The molecule has 0 amide bonds. The summed E-state index contributed by atoms with van der Waals surface area (Å²) >= 11 is 0. The maximum Gasteiger partial charge on any atom is 0.232 e. The zero-order chi connectivity index (χ0) is 15.5. The minimum Gasteiger partial charge on any atom is -0.378 e. The van der Waals surface area contributed by atoms with Crippen molar-refractivity contribution >= 4 is 27.7 Å². The quantitative estimate of drug-likeness (QED) is 0.713. The molecule has 0 atom stereocenters. The second-order valence-electron chi connectivity index (χ2n) is 4.94. The first kappa shape index (κ1) is 15.7. The molecule has 0 unspecified atom stereocenters. The SMILES string of the molecule is CN(CCS(C)(=O)=O)c1nc(N)nc(N2CCOCC2)n1. The van der Waals surface area contributed by atoms with Gasteiger partial charge in [0.25, 0.3) is 0 Å². The Balaban J connectivity index is 2.13. The van der Waals surface area contributed by atoms with Crippen LogP contribution in [0.1, 0.15) is 0 Å². The number of hydrogen-bond donors (Lipinski definition) is 1. The molecular weight excluding hydrogens is 296 g/mol. The number of ether oxygens (including phenoxy) is 1. The van der Waals surface area contributed by atoms with E-state index in [1.165, 1.54) is 6.26 Å². The van der Waals surface area contributed by atoms with E-state index in [1.807, 2.05) is 4.90 Å². The van der Waals surface area contributed by atoms with Gasteiger partial charge < -0.3 is 20.3 Å². The van der Waals surface area contributed by atoms with Crippen LogP contribution in [-0.4, -0.2) is 75.3 Å². The van der Waals surface area contributed by atoms with Crippen LogP contribution in [0.15, 0.2) is 0 Å². The summed E-state index contributed by atoms with van der Waals surface area (Å²) in [5.41, 5.74) is 5.72. The third-order valence-electron chi connectivity index (χ3n) is 3.06. The average Bonchev–Trinajstić information content (AvgIpc) is 2.44. The summed E-state index contributed by atoms with van der Waals surface area (Å²) in [7, 11) is -1.31. The van der Waals surface area contributed by atoms with E-state index in [1.54, 1.807) is 11.9 Å². The number of hydrogen-bond acceptors (Lipinski definition) is 9. The van der Waals surface area contributed by atoms with Crippen LogP contribution in [0.3, 0.4) is 0 Å². The number of aromatic nitrogens is 3. The molecule has 2 heterocycles. The molecule has 10 heteroatoms. The molecule has 0 spiro atoms. The molecule has 1 saturated heterocycles. The lowest BCUT2D eigenvalue weighted by molar-refractivity contribution is 0.122. The normalized spacial score (nSPS) is 16.0. The van der Waals surface area contributed by atoms with Crippen LogP contribution < -0.4 is 15.5 Å². The summed E-state index contributed by atoms with van der Waals surface area (Å²) < 4.78 is 27.7. The van der Waals surface area contributed by atoms with Gasteiger partial charge >= 0.3 is 0 Å². The van der Waals surface area contributed by atoms with E-state index in [9.17, 15) is 8.42 Å². The van der Waals surface area contributed by atoms with Crippen molar-refractivity contribution in [3.63, 3.8) is 0 Å². The molecular formula is C11H20N6O3S. The molecule has 21 heavy (non-hydrogen) atoms. The Morgan fingerprint density at radius 1 is 1.29 bits per heavy atom. The molecule has 0 saturated carbocycles. The maximum atomic E-state index is 11.2. The first-order valence-corrected chi connectivity index (χ1v) is 8.64. The number of rotatable bonds is 5. The second-order valence-corrected chi connectivity index (χ2v) is 7.20. The second kappa shape index (κ2) is 6.39. The van der Waals surface area contributed by atoms with E-state index in [0.29, 0.717) is 44.7 Å². The number of nitrogens with two attached hydrogens (primary N) is 1. The Hall–Kier alpha value is -1.68. The van der Waals surface area contributed by atoms with Gasteiger partial charge in [0, 0.05) is 32.9 Å². The number of anilines is 3. The Bertz CT molecular complexity index is 588. The van der Waals surface area contributed by atoms with Crippen LogP contribution >= 0.6 is 0 Å². The summed E-state index contributed by atoms with van der Waals surface area (Å²) in [4.78, 5) is 16.2. The van der Waals surface area contributed by atoms with Crippen molar-refractivity contribution in [3.05, 3.63) is 0 Å². The van der Waals surface area contributed by atoms with Crippen molar-refractivity contribution in [1.29, 1.82) is 0 Å². The van der Waals surface area contributed by atoms with Crippen molar-refractivity contribution in [1.82, 2.24) is 15.0 Å². The van der Waals surface area contributed by atoms with Gasteiger partial charge in [-0.05, 0) is 0 Å². The van der Waals surface area contributed by atoms with E-state index >= 15 is 0 Å². The fourth-order valence-electron chi connectivity index (χ4n) is 1.85. The highest BCUT2D eigenvalue weighted by Crippen LogP contribution is 2.15. The van der Waals surface area contributed by atoms with Gasteiger partial charge in [-0.3, -0.25) is 0 Å². The molecule has 118 valence electrons. The lowest BCUT2D eigenvalue weighted by Gasteiger charge is -2.27. The number of nitrogens with zero attached hydrogens (tertiary/aromatic N) is 5. The molecule has 0 radical (unpaired) electrons. The number of sulfone groups is 1. The van der Waals surface area contributed by atoms with E-state index in [2.05, 4.69) is 15.0 Å². The van der Waals surface area contributed by atoms with Crippen molar-refractivity contribution in [3.8, 4) is 0 Å². The lowest BCUT2D eigenvalue weighted by atomic mass is 10.4. The van der Waals surface area contributed by atoms with E-state index < -0.39 is 9.84 Å². The van der Waals surface area contributed by atoms with Gasteiger partial charge in [-0.2, -0.15) is 15.0 Å². The van der Waals surface area contributed by atoms with Gasteiger partial charge in [0.15, 0.2) is 0 Å². The van der Waals surface area contributed by atoms with Gasteiger partial charge in [-0.25, -0.2) is 8.42 Å². The molecule has 1 aromatic heterocycles. The molecule has 1 aliphatic heterocycles. The summed E-state index contributed by atoms with van der Waals surface area (Å²) in [5.74, 6) is 1.01. The molecule has 2 N–H and O–H groups in total. The van der Waals surface area contributed by atoms with Gasteiger partial charge in [0.2, 0.25) is 17.8 Å². The monoisotopic (exact) mass is 316 g/mol. The first-order chi connectivity index (χ1) is 9.85. The van der Waals surface area contributed by atoms with Crippen LogP contribution in [0.2, 0.25) is 0 Å². The fraction of sp³-hybridized carbons (Fsp3) is 0.727. The standard InChI is InChI=1S/C11H20N6O3S/c1-16(5-8-21(2,18)19)10-13-9(12)14-11(15-10)17-3-6-20-7-4-17/h3-8H2,1-2H3,(H2,12,13,14,15). The summed E-state index contributed by atoms with van der Waals surface area (Å²) in [6, 6.07) is 0. The van der Waals surface area contributed by atoms with Crippen LogP contribution in [-0.2, 0) is 14.6 Å². The van der Waals surface area contributed by atoms with E-state index in [-0.39, 0.29) is 11.7 Å². The van der Waals surface area contributed by atoms with Gasteiger partial charge in [0.05, 0.1) is 19.0 Å². The van der Waals surface area contributed by atoms with Gasteiger partial charge in [0.1, 0.15) is 9.84 Å². The van der Waals surface area contributed by atoms with Crippen molar-refractivity contribution in [2.75, 3.05) is 67.4 Å². The van der Waals surface area contributed by atoms with Crippen molar-refractivity contribution in [2.45, 2.75) is 0 Å². The van der Waals surface area contributed by atoms with Crippen LogP contribution in [0, 0.1) is 0 Å². The minimum absolute atomic E-state index is 0.0297. The van der Waals surface area contributed by atoms with Crippen LogP contribution in [0.4, 0.5) is 17.8 Å². The Morgan fingerprint density at radius 3 is 2.57 bits per heavy atom. The predicted molar refractivity (Wildman–Crippen MR) is 80.3 cm³/mol. The van der Waals surface area contributed by atoms with Crippen molar-refractivity contribution < 1.29 is 13.2 Å². The fourth-order valence-corrected chi connectivity index (χ4v) is 2.45. The summed E-state index contributed by atoms with van der Waals surface area (Å²) in [5, 5.41) is 0. The van der Waals surface area contributed by atoms with Gasteiger partial charge in [-0.1, -0.05) is 0 Å². The average molecular weight is 316 g/mol. The minimum atomic E-state index is -3.04. The highest BCUT2D eigenvalue weighted by molar-refractivity contribution is 7.90. The molecule has 0 aliphatic carbocycles. The van der Waals surface area contributed by atoms with E-state index in [4.69, 9.17) is 10.5 Å². The molecule has 1 aliphatic rings. The van der Waals surface area contributed by atoms with Crippen LogP contribution in [0.5, 0.6) is 0 Å². The molecule has 0 aromatic carbocycles. The molecule has 1 aromatic rings. The zero-order valence-corrected chi connectivity index (χ0v) is 13.0. The van der Waals surface area contributed by atoms with E-state index in [0.717, 1.165) is 0 Å².